The van der Waals surface area contributed by atoms with Crippen LogP contribution in [0.3, 0.4) is 0 Å². The smallest absolute Gasteiger partial charge is 0.286 e. The summed E-state index contributed by atoms with van der Waals surface area (Å²) >= 11 is 4.81. The maximum Gasteiger partial charge on any atom is 0.286 e. The monoisotopic (exact) mass is 163 g/mol. The lowest BCUT2D eigenvalue weighted by Crippen LogP contribution is -2.15. The molecule has 0 bridgehead atoms. The Kier molecular flexibility index (Phi) is 2.32. The highest BCUT2D eigenvalue weighted by Crippen LogP contribution is 2.13. The summed E-state index contributed by atoms with van der Waals surface area (Å²) in [7, 11) is 0. The van der Waals surface area contributed by atoms with Crippen LogP contribution in [0.4, 0.5) is 8.78 Å². The second-order valence-corrected chi connectivity index (χ2v) is 2.58. The molecule has 0 saturated carbocycles. The highest BCUT2D eigenvalue weighted by molar-refractivity contribution is 7.80. The normalized spacial score (nSPS) is 17.8. The predicted octanol–water partition coefficient (Wildman–Crippen LogP) is 2.15. The molecule has 0 spiro atoms. The van der Waals surface area contributed by atoms with Gasteiger partial charge in [0.1, 0.15) is 0 Å². The van der Waals surface area contributed by atoms with Crippen LogP contribution in [0.15, 0.2) is 12.3 Å². The first-order valence-corrected chi connectivity index (χ1v) is 3.43. The minimum Gasteiger partial charge on any atom is -0.338 e. The molecule has 0 radical (unpaired) electrons. The van der Waals surface area contributed by atoms with Gasteiger partial charge in [0.05, 0.1) is 11.2 Å². The Balaban J connectivity index is 2.56. The Morgan fingerprint density at radius 3 is 2.70 bits per heavy atom. The molecule has 0 aromatic heterocycles. The van der Waals surface area contributed by atoms with Crippen molar-refractivity contribution in [3.8, 4) is 0 Å². The van der Waals surface area contributed by atoms with Gasteiger partial charge in [0.2, 0.25) is 0 Å². The van der Waals surface area contributed by atoms with Gasteiger partial charge in [0, 0.05) is 6.54 Å². The molecule has 0 aromatic carbocycles. The lowest BCUT2D eigenvalue weighted by Gasteiger charge is -2.09. The van der Waals surface area contributed by atoms with Gasteiger partial charge in [-0.2, -0.15) is 8.78 Å². The van der Waals surface area contributed by atoms with Gasteiger partial charge in [-0.1, -0.05) is 12.2 Å². The number of halogens is 2. The molecular weight excluding hydrogens is 156 g/mol. The standard InChI is InChI=1S/C6H7F2NS/c7-5(8)4-9-3-1-2-6(9)10/h4H,1-3H2. The summed E-state index contributed by atoms with van der Waals surface area (Å²) in [5.74, 6) is 0. The van der Waals surface area contributed by atoms with Crippen molar-refractivity contribution >= 4 is 17.2 Å². The molecule has 1 rings (SSSR count). The van der Waals surface area contributed by atoms with E-state index >= 15 is 0 Å². The summed E-state index contributed by atoms with van der Waals surface area (Å²) in [6, 6.07) is 0. The number of likely N-dealkylation sites (tertiary alicyclic amines) is 1. The van der Waals surface area contributed by atoms with Crippen molar-refractivity contribution in [2.45, 2.75) is 12.8 Å². The first kappa shape index (κ1) is 7.60. The van der Waals surface area contributed by atoms with Crippen LogP contribution in [0.25, 0.3) is 0 Å². The second-order valence-electron chi connectivity index (χ2n) is 2.11. The molecule has 1 saturated heterocycles. The Labute approximate surface area is 63.3 Å². The molecule has 1 fully saturated rings. The van der Waals surface area contributed by atoms with Crippen LogP contribution in [-0.2, 0) is 0 Å². The maximum absolute atomic E-state index is 11.6. The number of hydrogen-bond acceptors (Lipinski definition) is 1. The Morgan fingerprint density at radius 1 is 1.60 bits per heavy atom. The van der Waals surface area contributed by atoms with E-state index in [0.29, 0.717) is 11.5 Å². The molecular formula is C6H7F2NS. The second kappa shape index (κ2) is 3.05. The summed E-state index contributed by atoms with van der Waals surface area (Å²) < 4.78 is 23.2. The minimum absolute atomic E-state index is 0.618. The number of nitrogens with zero attached hydrogens (tertiary/aromatic N) is 1. The molecule has 1 aliphatic heterocycles. The van der Waals surface area contributed by atoms with E-state index < -0.39 is 6.08 Å². The van der Waals surface area contributed by atoms with Crippen LogP contribution < -0.4 is 0 Å². The summed E-state index contributed by atoms with van der Waals surface area (Å²) in [5, 5.41) is 0. The van der Waals surface area contributed by atoms with Crippen molar-refractivity contribution in [1.82, 2.24) is 4.90 Å². The van der Waals surface area contributed by atoms with Gasteiger partial charge in [-0.15, -0.1) is 0 Å². The van der Waals surface area contributed by atoms with E-state index in [1.165, 1.54) is 4.90 Å². The molecule has 0 amide bonds. The molecule has 0 unspecified atom stereocenters. The molecule has 0 aromatic rings. The van der Waals surface area contributed by atoms with Crippen LogP contribution in [0.1, 0.15) is 12.8 Å². The first-order chi connectivity index (χ1) is 4.70. The van der Waals surface area contributed by atoms with E-state index in [-0.39, 0.29) is 0 Å². The molecule has 10 heavy (non-hydrogen) atoms. The topological polar surface area (TPSA) is 3.24 Å². The zero-order chi connectivity index (χ0) is 7.56. The number of hydrogen-bond donors (Lipinski definition) is 0. The van der Waals surface area contributed by atoms with Crippen molar-refractivity contribution < 1.29 is 8.78 Å². The first-order valence-electron chi connectivity index (χ1n) is 3.02. The van der Waals surface area contributed by atoms with E-state index in [4.69, 9.17) is 12.2 Å². The van der Waals surface area contributed by atoms with Crippen molar-refractivity contribution in [2.24, 2.45) is 0 Å². The van der Waals surface area contributed by atoms with Gasteiger partial charge in [0.25, 0.3) is 6.08 Å². The number of rotatable bonds is 1. The van der Waals surface area contributed by atoms with E-state index in [9.17, 15) is 8.78 Å². The highest BCUT2D eigenvalue weighted by Gasteiger charge is 2.14. The molecule has 1 heterocycles. The van der Waals surface area contributed by atoms with Crippen LogP contribution in [0, 0.1) is 0 Å². The molecule has 1 nitrogen and oxygen atoms in total. The van der Waals surface area contributed by atoms with Crippen LogP contribution in [0.2, 0.25) is 0 Å². The van der Waals surface area contributed by atoms with Crippen molar-refractivity contribution in [1.29, 1.82) is 0 Å². The van der Waals surface area contributed by atoms with Gasteiger partial charge in [-0.3, -0.25) is 0 Å². The van der Waals surface area contributed by atoms with Crippen LogP contribution in [-0.4, -0.2) is 16.4 Å². The maximum atomic E-state index is 11.6. The largest absolute Gasteiger partial charge is 0.338 e. The minimum atomic E-state index is -1.68. The Morgan fingerprint density at radius 2 is 2.30 bits per heavy atom. The van der Waals surface area contributed by atoms with Gasteiger partial charge >= 0.3 is 0 Å². The van der Waals surface area contributed by atoms with E-state index in [1.54, 1.807) is 0 Å². The van der Waals surface area contributed by atoms with Gasteiger partial charge in [-0.05, 0) is 12.8 Å². The molecule has 0 N–H and O–H groups in total. The fraction of sp³-hybridized carbons (Fsp3) is 0.500. The van der Waals surface area contributed by atoms with E-state index in [2.05, 4.69) is 0 Å². The van der Waals surface area contributed by atoms with Crippen LogP contribution >= 0.6 is 12.2 Å². The van der Waals surface area contributed by atoms with Gasteiger partial charge in [0.15, 0.2) is 0 Å². The molecule has 1 aliphatic rings. The summed E-state index contributed by atoms with van der Waals surface area (Å²) in [6.07, 6.45) is 0.779. The van der Waals surface area contributed by atoms with E-state index in [1.807, 2.05) is 0 Å². The van der Waals surface area contributed by atoms with Crippen LogP contribution in [0.5, 0.6) is 0 Å². The van der Waals surface area contributed by atoms with Crippen molar-refractivity contribution in [3.63, 3.8) is 0 Å². The molecule has 4 heteroatoms. The third-order valence-corrected chi connectivity index (χ3v) is 1.80. The third-order valence-electron chi connectivity index (χ3n) is 1.36. The van der Waals surface area contributed by atoms with Gasteiger partial charge < -0.3 is 4.90 Å². The Hall–Kier alpha value is -0.510. The summed E-state index contributed by atoms with van der Waals surface area (Å²) in [5.41, 5.74) is 0. The zero-order valence-corrected chi connectivity index (χ0v) is 6.13. The Bertz CT molecular complexity index is 175. The fourth-order valence-electron chi connectivity index (χ4n) is 0.923. The quantitative estimate of drug-likeness (QED) is 0.545. The lowest BCUT2D eigenvalue weighted by molar-refractivity contribution is 0.399. The predicted molar refractivity (Wildman–Crippen MR) is 38.8 cm³/mol. The average molecular weight is 163 g/mol. The molecule has 0 aliphatic carbocycles. The van der Waals surface area contributed by atoms with E-state index in [0.717, 1.165) is 19.0 Å². The fourth-order valence-corrected chi connectivity index (χ4v) is 1.21. The highest BCUT2D eigenvalue weighted by atomic mass is 32.1. The molecule has 56 valence electrons. The summed E-state index contributed by atoms with van der Waals surface area (Å²) in [4.78, 5) is 2.04. The lowest BCUT2D eigenvalue weighted by atomic mass is 10.4. The SMILES string of the molecule is FC(F)=CN1CCCC1=S. The molecule has 0 atom stereocenters. The van der Waals surface area contributed by atoms with Crippen molar-refractivity contribution in [3.05, 3.63) is 12.3 Å². The average Bonchev–Trinajstić information content (AvgIpc) is 2.15. The number of thiocarbonyl (C=S) groups is 1. The van der Waals surface area contributed by atoms with Gasteiger partial charge in [-0.25, -0.2) is 0 Å². The van der Waals surface area contributed by atoms with Crippen molar-refractivity contribution in [2.75, 3.05) is 6.54 Å². The third kappa shape index (κ3) is 1.73. The summed E-state index contributed by atoms with van der Waals surface area (Å²) in [6.45, 7) is 0.635. The zero-order valence-electron chi connectivity index (χ0n) is 5.31.